The largest absolute Gasteiger partial charge is 0.416 e. The number of aromatic nitrogens is 3. The number of amides is 1. The van der Waals surface area contributed by atoms with Crippen molar-refractivity contribution < 1.29 is 18.0 Å². The van der Waals surface area contributed by atoms with Crippen LogP contribution in [0.1, 0.15) is 37.3 Å². The monoisotopic (exact) mass is 340 g/mol. The lowest BCUT2D eigenvalue weighted by Crippen LogP contribution is -2.36. The van der Waals surface area contributed by atoms with Crippen LogP contribution >= 0.6 is 0 Å². The van der Waals surface area contributed by atoms with Gasteiger partial charge in [0.2, 0.25) is 5.91 Å². The van der Waals surface area contributed by atoms with E-state index in [1.165, 1.54) is 24.8 Å². The van der Waals surface area contributed by atoms with Crippen molar-refractivity contribution in [2.45, 2.75) is 44.9 Å². The van der Waals surface area contributed by atoms with E-state index in [4.69, 9.17) is 0 Å². The second kappa shape index (κ2) is 7.46. The van der Waals surface area contributed by atoms with Gasteiger partial charge >= 0.3 is 6.18 Å². The summed E-state index contributed by atoms with van der Waals surface area (Å²) in [6.45, 7) is 3.86. The Morgan fingerprint density at radius 1 is 1.29 bits per heavy atom. The number of hydrogen-bond acceptors (Lipinski definition) is 3. The standard InChI is InChI=1S/C16H19F3N4O/c1-11(13-5-3-4-6-14(13)16(17,18)19)7-15(24)22-12(2)8-23-10-20-9-21-23/h3-6,9-12H,7-8H2,1-2H3,(H,22,24)/t11-,12-/m0/s1. The first-order valence-electron chi connectivity index (χ1n) is 7.55. The quantitative estimate of drug-likeness (QED) is 0.879. The number of hydrogen-bond donors (Lipinski definition) is 1. The third-order valence-electron chi connectivity index (χ3n) is 3.62. The van der Waals surface area contributed by atoms with E-state index in [0.717, 1.165) is 6.07 Å². The van der Waals surface area contributed by atoms with Crippen molar-refractivity contribution in [3.05, 3.63) is 48.0 Å². The molecule has 0 spiro atoms. The van der Waals surface area contributed by atoms with Crippen LogP contribution in [0.25, 0.3) is 0 Å². The molecule has 0 radical (unpaired) electrons. The summed E-state index contributed by atoms with van der Waals surface area (Å²) in [7, 11) is 0. The number of benzene rings is 1. The number of nitrogens with zero attached hydrogens (tertiary/aromatic N) is 3. The van der Waals surface area contributed by atoms with Gasteiger partial charge in [0.1, 0.15) is 12.7 Å². The zero-order valence-corrected chi connectivity index (χ0v) is 13.4. The van der Waals surface area contributed by atoms with Crippen molar-refractivity contribution in [1.29, 1.82) is 0 Å². The van der Waals surface area contributed by atoms with Gasteiger partial charge in [0, 0.05) is 12.5 Å². The summed E-state index contributed by atoms with van der Waals surface area (Å²) < 4.78 is 40.7. The lowest BCUT2D eigenvalue weighted by Gasteiger charge is -2.19. The molecule has 130 valence electrons. The molecular formula is C16H19F3N4O. The fraction of sp³-hybridized carbons (Fsp3) is 0.438. The first kappa shape index (κ1) is 18.0. The maximum Gasteiger partial charge on any atom is 0.416 e. The first-order valence-corrected chi connectivity index (χ1v) is 7.55. The van der Waals surface area contributed by atoms with E-state index in [1.54, 1.807) is 24.6 Å². The Morgan fingerprint density at radius 3 is 2.62 bits per heavy atom. The molecule has 1 N–H and O–H groups in total. The number of carbonyl (C=O) groups excluding carboxylic acids is 1. The van der Waals surface area contributed by atoms with E-state index in [-0.39, 0.29) is 23.9 Å². The second-order valence-corrected chi connectivity index (χ2v) is 5.78. The summed E-state index contributed by atoms with van der Waals surface area (Å²) in [6.07, 6.45) is -1.52. The highest BCUT2D eigenvalue weighted by Gasteiger charge is 2.34. The second-order valence-electron chi connectivity index (χ2n) is 5.78. The summed E-state index contributed by atoms with van der Waals surface area (Å²) >= 11 is 0. The van der Waals surface area contributed by atoms with Crippen molar-refractivity contribution in [1.82, 2.24) is 20.1 Å². The molecule has 1 amide bonds. The van der Waals surface area contributed by atoms with Crippen LogP contribution in [0.15, 0.2) is 36.9 Å². The minimum Gasteiger partial charge on any atom is -0.352 e. The molecule has 0 aliphatic heterocycles. The third kappa shape index (κ3) is 4.81. The Kier molecular flexibility index (Phi) is 5.58. The molecule has 0 saturated carbocycles. The van der Waals surface area contributed by atoms with Crippen molar-refractivity contribution in [3.63, 3.8) is 0 Å². The summed E-state index contributed by atoms with van der Waals surface area (Å²) in [5.41, 5.74) is -0.565. The van der Waals surface area contributed by atoms with Gasteiger partial charge in [-0.1, -0.05) is 25.1 Å². The maximum atomic E-state index is 13.1. The average molecular weight is 340 g/mol. The highest BCUT2D eigenvalue weighted by molar-refractivity contribution is 5.77. The molecule has 2 atom stereocenters. The van der Waals surface area contributed by atoms with Gasteiger partial charge in [-0.15, -0.1) is 0 Å². The molecule has 0 aliphatic rings. The fourth-order valence-electron chi connectivity index (χ4n) is 2.56. The molecular weight excluding hydrogens is 321 g/mol. The van der Waals surface area contributed by atoms with E-state index < -0.39 is 17.7 Å². The fourth-order valence-corrected chi connectivity index (χ4v) is 2.56. The van der Waals surface area contributed by atoms with Gasteiger partial charge in [-0.05, 0) is 24.5 Å². The zero-order valence-electron chi connectivity index (χ0n) is 13.4. The number of alkyl halides is 3. The highest BCUT2D eigenvalue weighted by atomic mass is 19.4. The summed E-state index contributed by atoms with van der Waals surface area (Å²) in [5.74, 6) is -0.839. The van der Waals surface area contributed by atoms with E-state index in [1.807, 2.05) is 0 Å². The van der Waals surface area contributed by atoms with E-state index in [9.17, 15) is 18.0 Å². The molecule has 1 aromatic carbocycles. The van der Waals surface area contributed by atoms with E-state index in [0.29, 0.717) is 6.54 Å². The Morgan fingerprint density at radius 2 is 2.00 bits per heavy atom. The molecule has 2 rings (SSSR count). The Bertz CT molecular complexity index is 670. The van der Waals surface area contributed by atoms with Crippen molar-refractivity contribution in [3.8, 4) is 0 Å². The van der Waals surface area contributed by atoms with Crippen LogP contribution in [-0.2, 0) is 17.5 Å². The molecule has 0 fully saturated rings. The van der Waals surface area contributed by atoms with Crippen molar-refractivity contribution in [2.75, 3.05) is 0 Å². The topological polar surface area (TPSA) is 59.8 Å². The predicted molar refractivity (Wildman–Crippen MR) is 82.1 cm³/mol. The van der Waals surface area contributed by atoms with Crippen molar-refractivity contribution in [2.24, 2.45) is 0 Å². The lowest BCUT2D eigenvalue weighted by atomic mass is 9.92. The first-order chi connectivity index (χ1) is 11.3. The Hall–Kier alpha value is -2.38. The van der Waals surface area contributed by atoms with Crippen molar-refractivity contribution >= 4 is 5.91 Å². The Labute approximate surface area is 137 Å². The van der Waals surface area contributed by atoms with Crippen LogP contribution in [0.5, 0.6) is 0 Å². The molecule has 24 heavy (non-hydrogen) atoms. The summed E-state index contributed by atoms with van der Waals surface area (Å²) in [5, 5.41) is 6.71. The number of rotatable bonds is 6. The Balaban J connectivity index is 1.97. The van der Waals surface area contributed by atoms with Crippen LogP contribution in [0, 0.1) is 0 Å². The molecule has 5 nitrogen and oxygen atoms in total. The van der Waals surface area contributed by atoms with Gasteiger partial charge in [0.05, 0.1) is 12.1 Å². The predicted octanol–water partition coefficient (Wildman–Crippen LogP) is 3.00. The molecule has 0 bridgehead atoms. The average Bonchev–Trinajstić information content (AvgIpc) is 2.98. The highest BCUT2D eigenvalue weighted by Crippen LogP contribution is 2.35. The van der Waals surface area contributed by atoms with Gasteiger partial charge in [-0.25, -0.2) is 4.98 Å². The molecule has 0 aliphatic carbocycles. The van der Waals surface area contributed by atoms with Crippen LogP contribution in [-0.4, -0.2) is 26.7 Å². The molecule has 8 heteroatoms. The van der Waals surface area contributed by atoms with E-state index >= 15 is 0 Å². The minimum absolute atomic E-state index is 0.0191. The number of nitrogens with one attached hydrogen (secondary N) is 1. The lowest BCUT2D eigenvalue weighted by molar-refractivity contribution is -0.138. The van der Waals surface area contributed by atoms with Gasteiger partial charge < -0.3 is 5.32 Å². The van der Waals surface area contributed by atoms with Crippen LogP contribution in [0.2, 0.25) is 0 Å². The smallest absolute Gasteiger partial charge is 0.352 e. The van der Waals surface area contributed by atoms with E-state index in [2.05, 4.69) is 15.4 Å². The zero-order chi connectivity index (χ0) is 17.7. The number of halogens is 3. The normalized spacial score (nSPS) is 14.2. The van der Waals surface area contributed by atoms with Gasteiger partial charge in [0.15, 0.2) is 0 Å². The van der Waals surface area contributed by atoms with Gasteiger partial charge in [-0.3, -0.25) is 9.48 Å². The van der Waals surface area contributed by atoms with Crippen LogP contribution in [0.3, 0.4) is 0 Å². The van der Waals surface area contributed by atoms with Gasteiger partial charge in [-0.2, -0.15) is 18.3 Å². The molecule has 1 heterocycles. The summed E-state index contributed by atoms with van der Waals surface area (Å²) in [4.78, 5) is 15.9. The van der Waals surface area contributed by atoms with Crippen LogP contribution < -0.4 is 5.32 Å². The summed E-state index contributed by atoms with van der Waals surface area (Å²) in [6, 6.07) is 5.15. The molecule has 1 aromatic heterocycles. The minimum atomic E-state index is -4.43. The third-order valence-corrected chi connectivity index (χ3v) is 3.62. The number of carbonyl (C=O) groups is 1. The van der Waals surface area contributed by atoms with Crippen LogP contribution in [0.4, 0.5) is 13.2 Å². The molecule has 0 unspecified atom stereocenters. The maximum absolute atomic E-state index is 13.1. The molecule has 2 aromatic rings. The van der Waals surface area contributed by atoms with Gasteiger partial charge in [0.25, 0.3) is 0 Å². The molecule has 0 saturated heterocycles. The SMILES string of the molecule is C[C@@H](Cn1cncn1)NC(=O)C[C@H](C)c1ccccc1C(F)(F)F.